The van der Waals surface area contributed by atoms with E-state index in [0.717, 1.165) is 6.39 Å². The van der Waals surface area contributed by atoms with Crippen molar-refractivity contribution in [1.29, 1.82) is 0 Å². The summed E-state index contributed by atoms with van der Waals surface area (Å²) in [5, 5.41) is 3.51. The van der Waals surface area contributed by atoms with Crippen LogP contribution in [0.1, 0.15) is 11.4 Å². The maximum absolute atomic E-state index is 11.8. The fraction of sp³-hybridized carbons (Fsp3) is 0.200. The Bertz CT molecular complexity index is 593. The van der Waals surface area contributed by atoms with E-state index in [1.807, 2.05) is 0 Å². The molecule has 1 heterocycles. The van der Waals surface area contributed by atoms with Crippen molar-refractivity contribution in [2.75, 3.05) is 5.73 Å². The summed E-state index contributed by atoms with van der Waals surface area (Å²) in [6.07, 6.45) is 1.14. The Labute approximate surface area is 104 Å². The summed E-state index contributed by atoms with van der Waals surface area (Å²) in [6, 6.07) is 6.65. The van der Waals surface area contributed by atoms with Gasteiger partial charge in [-0.05, 0) is 17.7 Å². The van der Waals surface area contributed by atoms with Crippen LogP contribution in [0, 0.1) is 0 Å². The summed E-state index contributed by atoms with van der Waals surface area (Å²) in [4.78, 5) is 3.72. The number of nitrogen functional groups attached to an aromatic ring is 1. The molecule has 1 aromatic heterocycles. The molecule has 0 aliphatic carbocycles. The molecule has 0 aliphatic heterocycles. The molecule has 0 aliphatic rings. The van der Waals surface area contributed by atoms with Crippen LogP contribution in [0.25, 0.3) is 0 Å². The highest BCUT2D eigenvalue weighted by Gasteiger charge is 2.12. The number of sulfonamides is 1. The van der Waals surface area contributed by atoms with Gasteiger partial charge in [-0.15, -0.1) is 0 Å². The standard InChI is InChI=1S/C10H12N4O3S/c11-9-3-1-8(2-4-9)6-18(15,16)13-5-10-12-7-17-14-10/h1-4,7,13H,5-6,11H2. The molecule has 18 heavy (non-hydrogen) atoms. The summed E-state index contributed by atoms with van der Waals surface area (Å²) in [5.41, 5.74) is 6.77. The van der Waals surface area contributed by atoms with Gasteiger partial charge in [0.05, 0.1) is 12.3 Å². The molecule has 96 valence electrons. The van der Waals surface area contributed by atoms with Crippen LogP contribution < -0.4 is 10.5 Å². The first kappa shape index (κ1) is 12.5. The lowest BCUT2D eigenvalue weighted by Crippen LogP contribution is -2.25. The van der Waals surface area contributed by atoms with Gasteiger partial charge in [0.2, 0.25) is 16.4 Å². The molecule has 0 saturated heterocycles. The molecule has 0 radical (unpaired) electrons. The number of hydrogen-bond acceptors (Lipinski definition) is 6. The fourth-order valence-electron chi connectivity index (χ4n) is 1.33. The molecule has 0 unspecified atom stereocenters. The monoisotopic (exact) mass is 268 g/mol. The molecule has 2 rings (SSSR count). The summed E-state index contributed by atoms with van der Waals surface area (Å²) >= 11 is 0. The van der Waals surface area contributed by atoms with Crippen LogP contribution >= 0.6 is 0 Å². The number of nitrogens with one attached hydrogen (secondary N) is 1. The van der Waals surface area contributed by atoms with Crippen LogP contribution in [-0.2, 0) is 22.3 Å². The van der Waals surface area contributed by atoms with Gasteiger partial charge >= 0.3 is 0 Å². The Morgan fingerprint density at radius 1 is 1.28 bits per heavy atom. The average molecular weight is 268 g/mol. The average Bonchev–Trinajstić information content (AvgIpc) is 2.83. The molecule has 0 atom stereocenters. The molecular formula is C10H12N4O3S. The Balaban J connectivity index is 1.97. The van der Waals surface area contributed by atoms with E-state index in [4.69, 9.17) is 5.73 Å². The van der Waals surface area contributed by atoms with Crippen LogP contribution in [0.4, 0.5) is 5.69 Å². The van der Waals surface area contributed by atoms with Gasteiger partial charge in [-0.25, -0.2) is 13.1 Å². The lowest BCUT2D eigenvalue weighted by atomic mass is 10.2. The van der Waals surface area contributed by atoms with Crippen molar-refractivity contribution in [3.8, 4) is 0 Å². The smallest absolute Gasteiger partial charge is 0.216 e. The third kappa shape index (κ3) is 3.54. The van der Waals surface area contributed by atoms with E-state index in [2.05, 4.69) is 19.4 Å². The Kier molecular flexibility index (Phi) is 3.58. The van der Waals surface area contributed by atoms with Crippen LogP contribution in [-0.4, -0.2) is 18.6 Å². The molecule has 0 spiro atoms. The number of aromatic nitrogens is 2. The van der Waals surface area contributed by atoms with Crippen molar-refractivity contribution >= 4 is 15.7 Å². The third-order valence-corrected chi connectivity index (χ3v) is 3.49. The number of nitrogens with zero attached hydrogens (tertiary/aromatic N) is 2. The SMILES string of the molecule is Nc1ccc(CS(=O)(=O)NCc2ncon2)cc1. The summed E-state index contributed by atoms with van der Waals surface area (Å²) < 4.78 is 30.4. The number of rotatable bonds is 5. The zero-order chi connectivity index (χ0) is 13.0. The molecule has 0 bridgehead atoms. The Morgan fingerprint density at radius 2 is 2.00 bits per heavy atom. The largest absolute Gasteiger partial charge is 0.399 e. The minimum absolute atomic E-state index is 0.00774. The van der Waals surface area contributed by atoms with E-state index in [0.29, 0.717) is 11.3 Å². The zero-order valence-electron chi connectivity index (χ0n) is 9.41. The first-order valence-corrected chi connectivity index (χ1v) is 6.77. The van der Waals surface area contributed by atoms with Crippen LogP contribution in [0.2, 0.25) is 0 Å². The molecule has 1 aromatic carbocycles. The Hall–Kier alpha value is -1.93. The first-order chi connectivity index (χ1) is 8.55. The second-order valence-electron chi connectivity index (χ2n) is 3.67. The number of nitrogens with two attached hydrogens (primary N) is 1. The molecule has 0 amide bonds. The van der Waals surface area contributed by atoms with Crippen LogP contribution in [0.5, 0.6) is 0 Å². The van der Waals surface area contributed by atoms with Gasteiger partial charge in [-0.3, -0.25) is 0 Å². The lowest BCUT2D eigenvalue weighted by Gasteiger charge is -2.05. The minimum atomic E-state index is -3.44. The van der Waals surface area contributed by atoms with E-state index >= 15 is 0 Å². The maximum Gasteiger partial charge on any atom is 0.216 e. The van der Waals surface area contributed by atoms with Gasteiger partial charge in [0.15, 0.2) is 5.82 Å². The van der Waals surface area contributed by atoms with Gasteiger partial charge in [-0.2, -0.15) is 4.98 Å². The first-order valence-electron chi connectivity index (χ1n) is 5.12. The van der Waals surface area contributed by atoms with Gasteiger partial charge in [0.1, 0.15) is 0 Å². The molecule has 3 N–H and O–H groups in total. The fourth-order valence-corrected chi connectivity index (χ4v) is 2.41. The number of benzene rings is 1. The van der Waals surface area contributed by atoms with Crippen molar-refractivity contribution in [2.24, 2.45) is 0 Å². The predicted molar refractivity (Wildman–Crippen MR) is 64.6 cm³/mol. The highest BCUT2D eigenvalue weighted by Crippen LogP contribution is 2.08. The van der Waals surface area contributed by atoms with E-state index in [1.54, 1.807) is 24.3 Å². The summed E-state index contributed by atoms with van der Waals surface area (Å²) in [7, 11) is -3.44. The van der Waals surface area contributed by atoms with Gasteiger partial charge < -0.3 is 10.3 Å². The van der Waals surface area contributed by atoms with Crippen molar-refractivity contribution in [2.45, 2.75) is 12.3 Å². The third-order valence-electron chi connectivity index (χ3n) is 2.19. The van der Waals surface area contributed by atoms with Gasteiger partial charge in [0.25, 0.3) is 0 Å². The second-order valence-corrected chi connectivity index (χ2v) is 5.48. The number of anilines is 1. The molecule has 7 nitrogen and oxygen atoms in total. The summed E-state index contributed by atoms with van der Waals surface area (Å²) in [5.74, 6) is 0.168. The minimum Gasteiger partial charge on any atom is -0.399 e. The molecular weight excluding hydrogens is 256 g/mol. The van der Waals surface area contributed by atoms with E-state index in [-0.39, 0.29) is 18.1 Å². The van der Waals surface area contributed by atoms with Crippen molar-refractivity contribution in [1.82, 2.24) is 14.9 Å². The Morgan fingerprint density at radius 3 is 2.61 bits per heavy atom. The normalized spacial score (nSPS) is 11.6. The van der Waals surface area contributed by atoms with Crippen molar-refractivity contribution in [3.63, 3.8) is 0 Å². The van der Waals surface area contributed by atoms with E-state index in [9.17, 15) is 8.42 Å². The zero-order valence-corrected chi connectivity index (χ0v) is 10.2. The highest BCUT2D eigenvalue weighted by atomic mass is 32.2. The van der Waals surface area contributed by atoms with Crippen LogP contribution in [0.15, 0.2) is 35.2 Å². The van der Waals surface area contributed by atoms with Crippen LogP contribution in [0.3, 0.4) is 0 Å². The summed E-state index contributed by atoms with van der Waals surface area (Å²) in [6.45, 7) is 0.00774. The molecule has 0 saturated carbocycles. The molecule has 2 aromatic rings. The van der Waals surface area contributed by atoms with E-state index < -0.39 is 10.0 Å². The molecule has 8 heteroatoms. The van der Waals surface area contributed by atoms with Crippen molar-refractivity contribution in [3.05, 3.63) is 42.0 Å². The number of hydrogen-bond donors (Lipinski definition) is 2. The topological polar surface area (TPSA) is 111 Å². The highest BCUT2D eigenvalue weighted by molar-refractivity contribution is 7.88. The molecule has 0 fully saturated rings. The van der Waals surface area contributed by atoms with Crippen molar-refractivity contribution < 1.29 is 12.9 Å². The lowest BCUT2D eigenvalue weighted by molar-refractivity contribution is 0.409. The quantitative estimate of drug-likeness (QED) is 0.753. The predicted octanol–water partition coefficient (Wildman–Crippen LogP) is 0.271. The van der Waals surface area contributed by atoms with Gasteiger partial charge in [0, 0.05) is 5.69 Å². The maximum atomic E-state index is 11.8. The second kappa shape index (κ2) is 5.15. The van der Waals surface area contributed by atoms with Gasteiger partial charge in [-0.1, -0.05) is 17.3 Å². The van der Waals surface area contributed by atoms with E-state index in [1.165, 1.54) is 0 Å².